The Morgan fingerprint density at radius 1 is 1.14 bits per heavy atom. The third-order valence-corrected chi connectivity index (χ3v) is 3.45. The fourth-order valence-corrected chi connectivity index (χ4v) is 2.21. The fraction of sp³-hybridized carbons (Fsp3) is 0.600. The predicted octanol–water partition coefficient (Wildman–Crippen LogP) is 2.58. The van der Waals surface area contributed by atoms with E-state index in [1.165, 1.54) is 0 Å². The number of rotatable bonds is 8. The average molecular weight is 306 g/mol. The minimum Gasteiger partial charge on any atom is -0.395 e. The average Bonchev–Trinajstić information content (AvgIpc) is 2.42. The van der Waals surface area contributed by atoms with Crippen LogP contribution in [0.25, 0.3) is 0 Å². The lowest BCUT2D eigenvalue weighted by atomic mass is 9.77. The summed E-state index contributed by atoms with van der Waals surface area (Å²) in [6.45, 7) is 0.0175. The SMILES string of the molecule is Cc1cccc(C(CO)(CO)CCCOCC(F)(F)F)c1. The monoisotopic (exact) mass is 306 g/mol. The molecular formula is C15H21F3O3. The van der Waals surface area contributed by atoms with Gasteiger partial charge in [-0.05, 0) is 25.3 Å². The number of hydrogen-bond donors (Lipinski definition) is 2. The summed E-state index contributed by atoms with van der Waals surface area (Å²) in [6.07, 6.45) is -3.66. The predicted molar refractivity (Wildman–Crippen MR) is 73.1 cm³/mol. The van der Waals surface area contributed by atoms with Crippen LogP contribution in [0.15, 0.2) is 24.3 Å². The summed E-state index contributed by atoms with van der Waals surface area (Å²) in [4.78, 5) is 0. The van der Waals surface area contributed by atoms with Crippen LogP contribution in [-0.4, -0.2) is 42.8 Å². The van der Waals surface area contributed by atoms with E-state index in [2.05, 4.69) is 4.74 Å². The van der Waals surface area contributed by atoms with Crippen LogP contribution in [0.3, 0.4) is 0 Å². The number of aliphatic hydroxyl groups excluding tert-OH is 2. The van der Waals surface area contributed by atoms with Crippen LogP contribution < -0.4 is 0 Å². The molecule has 6 heteroatoms. The minimum absolute atomic E-state index is 0.0624. The highest BCUT2D eigenvalue weighted by molar-refractivity contribution is 5.30. The molecule has 120 valence electrons. The van der Waals surface area contributed by atoms with E-state index in [-0.39, 0.29) is 19.8 Å². The molecule has 0 amide bonds. The summed E-state index contributed by atoms with van der Waals surface area (Å²) in [6, 6.07) is 7.39. The number of alkyl halides is 3. The summed E-state index contributed by atoms with van der Waals surface area (Å²) in [5, 5.41) is 19.3. The van der Waals surface area contributed by atoms with Crippen LogP contribution in [0, 0.1) is 6.92 Å². The van der Waals surface area contributed by atoms with Gasteiger partial charge in [-0.3, -0.25) is 0 Å². The molecule has 0 atom stereocenters. The van der Waals surface area contributed by atoms with Crippen molar-refractivity contribution in [3.05, 3.63) is 35.4 Å². The highest BCUT2D eigenvalue weighted by Crippen LogP contribution is 2.29. The van der Waals surface area contributed by atoms with E-state index in [0.29, 0.717) is 12.8 Å². The normalized spacial score (nSPS) is 12.7. The lowest BCUT2D eigenvalue weighted by Gasteiger charge is -2.30. The molecule has 1 aromatic carbocycles. The Bertz CT molecular complexity index is 428. The van der Waals surface area contributed by atoms with Gasteiger partial charge in [-0.15, -0.1) is 0 Å². The van der Waals surface area contributed by atoms with Crippen molar-refractivity contribution >= 4 is 0 Å². The highest BCUT2D eigenvalue weighted by Gasteiger charge is 2.31. The van der Waals surface area contributed by atoms with Crippen molar-refractivity contribution in [2.45, 2.75) is 31.4 Å². The molecule has 0 aliphatic rings. The lowest BCUT2D eigenvalue weighted by Crippen LogP contribution is -2.35. The molecule has 0 aromatic heterocycles. The number of benzene rings is 1. The molecule has 0 unspecified atom stereocenters. The second-order valence-electron chi connectivity index (χ2n) is 5.24. The fourth-order valence-electron chi connectivity index (χ4n) is 2.21. The molecule has 0 bridgehead atoms. The Kier molecular flexibility index (Phi) is 6.64. The topological polar surface area (TPSA) is 49.7 Å². The first-order valence-corrected chi connectivity index (χ1v) is 6.76. The smallest absolute Gasteiger partial charge is 0.395 e. The maximum Gasteiger partial charge on any atom is 0.411 e. The van der Waals surface area contributed by atoms with E-state index >= 15 is 0 Å². The molecule has 21 heavy (non-hydrogen) atoms. The zero-order chi connectivity index (χ0) is 15.9. The van der Waals surface area contributed by atoms with Gasteiger partial charge in [0.2, 0.25) is 0 Å². The van der Waals surface area contributed by atoms with Crippen molar-refractivity contribution < 1.29 is 28.1 Å². The number of aryl methyl sites for hydroxylation is 1. The summed E-state index contributed by atoms with van der Waals surface area (Å²) in [5.74, 6) is 0. The van der Waals surface area contributed by atoms with Crippen molar-refractivity contribution in [3.63, 3.8) is 0 Å². The molecule has 1 rings (SSSR count). The van der Waals surface area contributed by atoms with Crippen molar-refractivity contribution in [1.82, 2.24) is 0 Å². The van der Waals surface area contributed by atoms with Gasteiger partial charge in [-0.1, -0.05) is 29.8 Å². The summed E-state index contributed by atoms with van der Waals surface area (Å²) < 4.78 is 40.4. The zero-order valence-corrected chi connectivity index (χ0v) is 12.0. The lowest BCUT2D eigenvalue weighted by molar-refractivity contribution is -0.174. The van der Waals surface area contributed by atoms with Crippen LogP contribution in [0.1, 0.15) is 24.0 Å². The molecule has 0 spiro atoms. The molecule has 0 fully saturated rings. The van der Waals surface area contributed by atoms with E-state index in [1.807, 2.05) is 25.1 Å². The third-order valence-electron chi connectivity index (χ3n) is 3.45. The number of aliphatic hydroxyl groups is 2. The van der Waals surface area contributed by atoms with Crippen molar-refractivity contribution in [1.29, 1.82) is 0 Å². The van der Waals surface area contributed by atoms with Crippen molar-refractivity contribution in [2.75, 3.05) is 26.4 Å². The van der Waals surface area contributed by atoms with Gasteiger partial charge in [0.05, 0.1) is 13.2 Å². The quantitative estimate of drug-likeness (QED) is 0.726. The van der Waals surface area contributed by atoms with Gasteiger partial charge in [0, 0.05) is 12.0 Å². The van der Waals surface area contributed by atoms with Crippen LogP contribution in [0.5, 0.6) is 0 Å². The Hall–Kier alpha value is -1.11. The first-order valence-electron chi connectivity index (χ1n) is 6.76. The Morgan fingerprint density at radius 3 is 2.33 bits per heavy atom. The Balaban J connectivity index is 2.61. The minimum atomic E-state index is -4.33. The van der Waals surface area contributed by atoms with Gasteiger partial charge in [-0.25, -0.2) is 0 Å². The summed E-state index contributed by atoms with van der Waals surface area (Å²) >= 11 is 0. The number of hydrogen-bond acceptors (Lipinski definition) is 3. The molecule has 2 N–H and O–H groups in total. The van der Waals surface area contributed by atoms with Crippen LogP contribution in [0.4, 0.5) is 13.2 Å². The van der Waals surface area contributed by atoms with Gasteiger partial charge >= 0.3 is 6.18 Å². The molecule has 1 aromatic rings. The van der Waals surface area contributed by atoms with Crippen molar-refractivity contribution in [2.24, 2.45) is 0 Å². The van der Waals surface area contributed by atoms with Crippen LogP contribution >= 0.6 is 0 Å². The number of halogens is 3. The van der Waals surface area contributed by atoms with Gasteiger partial charge < -0.3 is 14.9 Å². The Morgan fingerprint density at radius 2 is 1.81 bits per heavy atom. The zero-order valence-electron chi connectivity index (χ0n) is 12.0. The molecule has 3 nitrogen and oxygen atoms in total. The number of ether oxygens (including phenoxy) is 1. The second kappa shape index (κ2) is 7.77. The van der Waals surface area contributed by atoms with Crippen molar-refractivity contribution in [3.8, 4) is 0 Å². The van der Waals surface area contributed by atoms with E-state index in [9.17, 15) is 23.4 Å². The first kappa shape index (κ1) is 17.9. The molecule has 0 heterocycles. The van der Waals surface area contributed by atoms with Crippen LogP contribution in [0.2, 0.25) is 0 Å². The largest absolute Gasteiger partial charge is 0.411 e. The maximum absolute atomic E-state index is 12.0. The second-order valence-corrected chi connectivity index (χ2v) is 5.24. The molecule has 0 saturated heterocycles. The Labute approximate surface area is 122 Å². The van der Waals surface area contributed by atoms with Crippen LogP contribution in [-0.2, 0) is 10.2 Å². The molecule has 0 aliphatic heterocycles. The van der Waals surface area contributed by atoms with E-state index in [4.69, 9.17) is 0 Å². The van der Waals surface area contributed by atoms with Gasteiger partial charge in [0.25, 0.3) is 0 Å². The maximum atomic E-state index is 12.0. The van der Waals surface area contributed by atoms with Gasteiger partial charge in [0.1, 0.15) is 6.61 Å². The third kappa shape index (κ3) is 5.65. The van der Waals surface area contributed by atoms with E-state index in [1.54, 1.807) is 6.07 Å². The first-order chi connectivity index (χ1) is 9.83. The molecular weight excluding hydrogens is 285 g/mol. The van der Waals surface area contributed by atoms with Gasteiger partial charge in [0.15, 0.2) is 0 Å². The van der Waals surface area contributed by atoms with Gasteiger partial charge in [-0.2, -0.15) is 13.2 Å². The summed E-state index contributed by atoms with van der Waals surface area (Å²) in [7, 11) is 0. The molecule has 0 saturated carbocycles. The standard InChI is InChI=1S/C15H21F3O3/c1-12-4-2-5-13(8-12)14(9-19,10-20)6-3-7-21-11-15(16,17)18/h2,4-5,8,19-20H,3,6-7,9-11H2,1H3. The highest BCUT2D eigenvalue weighted by atomic mass is 19.4. The molecule has 0 aliphatic carbocycles. The summed E-state index contributed by atoms with van der Waals surface area (Å²) in [5.41, 5.74) is 0.920. The van der Waals surface area contributed by atoms with E-state index < -0.39 is 18.2 Å². The van der Waals surface area contributed by atoms with E-state index in [0.717, 1.165) is 11.1 Å². The molecule has 0 radical (unpaired) electrons.